The zero-order valence-corrected chi connectivity index (χ0v) is 15.2. The third-order valence-corrected chi connectivity index (χ3v) is 5.27. The normalized spacial score (nSPS) is 13.3. The van der Waals surface area contributed by atoms with Crippen molar-refractivity contribution in [1.29, 1.82) is 0 Å². The van der Waals surface area contributed by atoms with Crippen molar-refractivity contribution >= 4 is 17.5 Å². The van der Waals surface area contributed by atoms with Gasteiger partial charge in [0.1, 0.15) is 5.75 Å². The van der Waals surface area contributed by atoms with Crippen LogP contribution in [0.4, 0.5) is 0 Å². The van der Waals surface area contributed by atoms with E-state index in [1.165, 1.54) is 11.1 Å². The molecule has 1 aliphatic heterocycles. The maximum atomic E-state index is 5.31. The summed E-state index contributed by atoms with van der Waals surface area (Å²) in [5, 5.41) is 14.2. The van der Waals surface area contributed by atoms with E-state index in [4.69, 9.17) is 9.84 Å². The lowest BCUT2D eigenvalue weighted by molar-refractivity contribution is 0.415. The molecule has 0 spiro atoms. The van der Waals surface area contributed by atoms with Crippen LogP contribution in [0.25, 0.3) is 11.4 Å². The molecule has 0 unspecified atom stereocenters. The Morgan fingerprint density at radius 3 is 2.68 bits per heavy atom. The Morgan fingerprint density at radius 2 is 1.88 bits per heavy atom. The monoisotopic (exact) mass is 350 g/mol. The summed E-state index contributed by atoms with van der Waals surface area (Å²) in [6.45, 7) is 4.25. The number of thioether (sulfide) groups is 1. The molecule has 0 saturated heterocycles. The minimum Gasteiger partial charge on any atom is -0.497 e. The molecule has 6 heteroatoms. The maximum Gasteiger partial charge on any atom is 0.212 e. The van der Waals surface area contributed by atoms with Gasteiger partial charge in [0, 0.05) is 11.3 Å². The van der Waals surface area contributed by atoms with Crippen molar-refractivity contribution < 1.29 is 4.74 Å². The van der Waals surface area contributed by atoms with Gasteiger partial charge in [-0.1, -0.05) is 36.0 Å². The SMILES string of the molecule is COc1cccc(-c2nnc3n2N=C(c2ccc(C)c(C)c2)CS3)c1. The molecule has 25 heavy (non-hydrogen) atoms. The lowest BCUT2D eigenvalue weighted by Gasteiger charge is -2.15. The highest BCUT2D eigenvalue weighted by Crippen LogP contribution is 2.30. The summed E-state index contributed by atoms with van der Waals surface area (Å²) in [5.74, 6) is 2.30. The average Bonchev–Trinajstić information content (AvgIpc) is 3.07. The van der Waals surface area contributed by atoms with E-state index in [1.807, 2.05) is 28.9 Å². The molecule has 1 aromatic heterocycles. The molecule has 3 aromatic rings. The second kappa shape index (κ2) is 6.37. The van der Waals surface area contributed by atoms with Crippen LogP contribution in [0.5, 0.6) is 5.75 Å². The van der Waals surface area contributed by atoms with Gasteiger partial charge in [-0.3, -0.25) is 0 Å². The highest BCUT2D eigenvalue weighted by atomic mass is 32.2. The van der Waals surface area contributed by atoms with Crippen molar-refractivity contribution in [2.24, 2.45) is 5.10 Å². The molecule has 4 rings (SSSR count). The van der Waals surface area contributed by atoms with E-state index in [1.54, 1.807) is 18.9 Å². The van der Waals surface area contributed by atoms with Crippen LogP contribution in [0.15, 0.2) is 52.7 Å². The molecule has 0 saturated carbocycles. The first kappa shape index (κ1) is 15.9. The molecule has 2 aromatic carbocycles. The summed E-state index contributed by atoms with van der Waals surface area (Å²) in [6, 6.07) is 14.3. The second-order valence-corrected chi connectivity index (χ2v) is 6.93. The fourth-order valence-corrected chi connectivity index (χ4v) is 3.57. The Hall–Kier alpha value is -2.60. The summed E-state index contributed by atoms with van der Waals surface area (Å²) >= 11 is 1.65. The minimum atomic E-state index is 0.724. The Kier molecular flexibility index (Phi) is 4.05. The number of benzene rings is 2. The third-order valence-electron chi connectivity index (χ3n) is 4.34. The number of fused-ring (bicyclic) bond motifs is 1. The molecule has 5 nitrogen and oxygen atoms in total. The first-order valence-corrected chi connectivity index (χ1v) is 9.02. The van der Waals surface area contributed by atoms with Gasteiger partial charge in [-0.05, 0) is 48.7 Å². The van der Waals surface area contributed by atoms with E-state index in [9.17, 15) is 0 Å². The molecule has 126 valence electrons. The van der Waals surface area contributed by atoms with Gasteiger partial charge in [0.25, 0.3) is 0 Å². The fraction of sp³-hybridized carbons (Fsp3) is 0.211. The summed E-state index contributed by atoms with van der Waals surface area (Å²) < 4.78 is 7.14. The van der Waals surface area contributed by atoms with Crippen molar-refractivity contribution in [3.8, 4) is 17.1 Å². The zero-order valence-electron chi connectivity index (χ0n) is 14.4. The largest absolute Gasteiger partial charge is 0.497 e. The van der Waals surface area contributed by atoms with E-state index >= 15 is 0 Å². The quantitative estimate of drug-likeness (QED) is 0.718. The highest BCUT2D eigenvalue weighted by molar-refractivity contribution is 7.99. The molecule has 1 aliphatic rings. The van der Waals surface area contributed by atoms with E-state index in [0.717, 1.165) is 39.3 Å². The van der Waals surface area contributed by atoms with Gasteiger partial charge in [0.05, 0.1) is 12.8 Å². The molecule has 2 heterocycles. The molecule has 0 atom stereocenters. The molecule has 0 N–H and O–H groups in total. The van der Waals surface area contributed by atoms with Gasteiger partial charge >= 0.3 is 0 Å². The maximum absolute atomic E-state index is 5.31. The predicted octanol–water partition coefficient (Wildman–Crippen LogP) is 3.93. The topological polar surface area (TPSA) is 52.3 Å². The number of nitrogens with zero attached hydrogens (tertiary/aromatic N) is 4. The molecular formula is C19H18N4OS. The lowest BCUT2D eigenvalue weighted by atomic mass is 10.0. The number of aromatic nitrogens is 3. The summed E-state index contributed by atoms with van der Waals surface area (Å²) in [5.41, 5.74) is 5.67. The Morgan fingerprint density at radius 1 is 1.00 bits per heavy atom. The number of hydrogen-bond donors (Lipinski definition) is 0. The second-order valence-electron chi connectivity index (χ2n) is 5.98. The molecule has 0 aliphatic carbocycles. The van der Waals surface area contributed by atoms with Crippen LogP contribution in [-0.4, -0.2) is 33.4 Å². The Bertz CT molecular complexity index is 977. The smallest absolute Gasteiger partial charge is 0.212 e. The number of aryl methyl sites for hydroxylation is 2. The van der Waals surface area contributed by atoms with E-state index in [0.29, 0.717) is 0 Å². The van der Waals surface area contributed by atoms with E-state index in [-0.39, 0.29) is 0 Å². The standard InChI is InChI=1S/C19H18N4OS/c1-12-7-8-14(9-13(12)2)17-11-25-19-21-20-18(23(19)22-17)15-5-4-6-16(10-15)24-3/h4-10H,11H2,1-3H3. The molecule has 0 bridgehead atoms. The van der Waals surface area contributed by atoms with Crippen LogP contribution in [0.2, 0.25) is 0 Å². The van der Waals surface area contributed by atoms with Crippen molar-refractivity contribution in [3.05, 3.63) is 59.2 Å². The average molecular weight is 350 g/mol. The number of methoxy groups -OCH3 is 1. The summed E-state index contributed by atoms with van der Waals surface area (Å²) in [7, 11) is 1.66. The van der Waals surface area contributed by atoms with Crippen LogP contribution in [0.1, 0.15) is 16.7 Å². The Balaban J connectivity index is 1.78. The number of rotatable bonds is 3. The summed E-state index contributed by atoms with van der Waals surface area (Å²) in [4.78, 5) is 0. The van der Waals surface area contributed by atoms with Crippen molar-refractivity contribution in [3.63, 3.8) is 0 Å². The van der Waals surface area contributed by atoms with Crippen molar-refractivity contribution in [2.75, 3.05) is 12.9 Å². The molecule has 0 amide bonds. The summed E-state index contributed by atoms with van der Waals surface area (Å²) in [6.07, 6.45) is 0. The number of hydrogen-bond acceptors (Lipinski definition) is 5. The lowest BCUT2D eigenvalue weighted by Crippen LogP contribution is -2.14. The Labute approximate surface area is 150 Å². The van der Waals surface area contributed by atoms with Crippen molar-refractivity contribution in [1.82, 2.24) is 14.9 Å². The van der Waals surface area contributed by atoms with Crippen LogP contribution < -0.4 is 4.74 Å². The third kappa shape index (κ3) is 2.93. The molecule has 0 radical (unpaired) electrons. The van der Waals surface area contributed by atoms with Gasteiger partial charge in [0.2, 0.25) is 5.16 Å². The van der Waals surface area contributed by atoms with Crippen LogP contribution in [-0.2, 0) is 0 Å². The first-order valence-electron chi connectivity index (χ1n) is 8.04. The van der Waals surface area contributed by atoms with Gasteiger partial charge in [0.15, 0.2) is 5.82 Å². The first-order chi connectivity index (χ1) is 12.2. The van der Waals surface area contributed by atoms with Crippen molar-refractivity contribution in [2.45, 2.75) is 19.0 Å². The van der Waals surface area contributed by atoms with E-state index in [2.05, 4.69) is 42.2 Å². The van der Waals surface area contributed by atoms with Gasteiger partial charge in [-0.25, -0.2) is 0 Å². The fourth-order valence-electron chi connectivity index (χ4n) is 2.73. The molecule has 0 fully saturated rings. The predicted molar refractivity (Wildman–Crippen MR) is 101 cm³/mol. The van der Waals surface area contributed by atoms with E-state index < -0.39 is 0 Å². The zero-order chi connectivity index (χ0) is 17.4. The van der Waals surface area contributed by atoms with Crippen LogP contribution in [0, 0.1) is 13.8 Å². The van der Waals surface area contributed by atoms with Gasteiger partial charge in [-0.15, -0.1) is 10.2 Å². The number of ether oxygens (including phenoxy) is 1. The minimum absolute atomic E-state index is 0.724. The van der Waals surface area contributed by atoms with Gasteiger partial charge in [-0.2, -0.15) is 9.78 Å². The molecular weight excluding hydrogens is 332 g/mol. The van der Waals surface area contributed by atoms with Crippen LogP contribution >= 0.6 is 11.8 Å². The highest BCUT2D eigenvalue weighted by Gasteiger charge is 2.21. The van der Waals surface area contributed by atoms with Crippen LogP contribution in [0.3, 0.4) is 0 Å². The van der Waals surface area contributed by atoms with Gasteiger partial charge < -0.3 is 4.74 Å².